The second-order valence-electron chi connectivity index (χ2n) is 12.0. The van der Waals surface area contributed by atoms with Gasteiger partial charge in [0.05, 0.1) is 43.1 Å². The first-order chi connectivity index (χ1) is 26.5. The van der Waals surface area contributed by atoms with Gasteiger partial charge < -0.3 is 19.4 Å². The number of hydrogen-bond donors (Lipinski definition) is 2. The normalized spacial score (nSPS) is 13.8. The molecule has 0 aromatic heterocycles. The van der Waals surface area contributed by atoms with Crippen LogP contribution in [-0.2, 0) is 30.4 Å². The number of ketones is 1. The van der Waals surface area contributed by atoms with Crippen LogP contribution in [0.2, 0.25) is 0 Å². The molecule has 0 atom stereocenters. The van der Waals surface area contributed by atoms with Crippen molar-refractivity contribution in [3.63, 3.8) is 0 Å². The average Bonchev–Trinajstić information content (AvgIpc) is 3.15. The number of benzene rings is 6. The van der Waals surface area contributed by atoms with Crippen LogP contribution in [0.25, 0.3) is 27.6 Å². The molecule has 23 heteroatoms. The molecule has 1 aliphatic rings. The number of azo groups is 2. The summed E-state index contributed by atoms with van der Waals surface area (Å²) < 4.78 is 108. The summed E-state index contributed by atoms with van der Waals surface area (Å²) in [7, 11) is -15.1. The number of nitrogens with zero attached hydrogens (tertiary/aromatic N) is 5. The van der Waals surface area contributed by atoms with Gasteiger partial charge in [-0.2, -0.15) is 10.2 Å². The zero-order valence-electron chi connectivity index (χ0n) is 31.1. The molecule has 0 unspecified atom stereocenters. The molecule has 0 aliphatic heterocycles. The van der Waals surface area contributed by atoms with Gasteiger partial charge in [0.25, 0.3) is 0 Å². The standard InChI is InChI=1S/C36H25N7O10S3.3Na/c37-21-7-6-20-16-34(56(51,52)53)35(36(44)27(20)17-21)43-42-31-13-15-33(29-19-24(55(48,49)50)9-11-26(29)31)41-40-30-12-14-32(39-38-22-4-2-1-3-5-22)28-18-23(54(45,46)47)8-10-25(28)30;;;/h1-19,42H,37H2,(H,45,46,47)(H,48,49,50)(H,51,52,53);;;/q;3*+1/p-3/b39-38?,41-40?,43-35+;;;. The van der Waals surface area contributed by atoms with E-state index < -0.39 is 56.5 Å². The second-order valence-corrected chi connectivity index (χ2v) is 16.1. The van der Waals surface area contributed by atoms with Gasteiger partial charge in [0, 0.05) is 32.8 Å². The number of carbonyl (C=O) groups is 1. The first-order valence-electron chi connectivity index (χ1n) is 15.9. The number of Topliss-reactive ketones (excluding diaryl/α,β-unsaturated/α-hetero) is 1. The molecule has 0 fully saturated rings. The molecule has 0 spiro atoms. The minimum atomic E-state index is -5.21. The summed E-state index contributed by atoms with van der Waals surface area (Å²) in [5.41, 5.74) is 8.93. The van der Waals surface area contributed by atoms with Gasteiger partial charge in [0.1, 0.15) is 36.1 Å². The number of allylic oxidation sites excluding steroid dienone is 1. The molecule has 1 aliphatic carbocycles. The molecule has 0 bridgehead atoms. The van der Waals surface area contributed by atoms with E-state index in [1.54, 1.807) is 30.3 Å². The molecule has 17 nitrogen and oxygen atoms in total. The van der Waals surface area contributed by atoms with E-state index in [0.717, 1.165) is 30.3 Å². The van der Waals surface area contributed by atoms with Crippen molar-refractivity contribution in [2.75, 3.05) is 11.2 Å². The summed E-state index contributed by atoms with van der Waals surface area (Å²) in [6.45, 7) is 0. The quantitative estimate of drug-likeness (QED) is 0.0514. The van der Waals surface area contributed by atoms with Gasteiger partial charge in [0.15, 0.2) is 0 Å². The Morgan fingerprint density at radius 2 is 1.07 bits per heavy atom. The third kappa shape index (κ3) is 10.7. The number of nitrogens with one attached hydrogen (secondary N) is 1. The fraction of sp³-hybridized carbons (Fsp3) is 0. The maximum Gasteiger partial charge on any atom is 1.00 e. The third-order valence-electron chi connectivity index (χ3n) is 8.39. The molecule has 59 heavy (non-hydrogen) atoms. The van der Waals surface area contributed by atoms with E-state index in [-0.39, 0.29) is 144 Å². The molecular weight excluding hydrogens is 856 g/mol. The molecule has 282 valence electrons. The van der Waals surface area contributed by atoms with Crippen LogP contribution in [0.5, 0.6) is 0 Å². The van der Waals surface area contributed by atoms with Crippen LogP contribution < -0.4 is 99.8 Å². The molecular formula is C36H22N7Na3O10S3. The molecule has 6 aromatic carbocycles. The predicted octanol–water partition coefficient (Wildman–Crippen LogP) is -2.22. The van der Waals surface area contributed by atoms with E-state index in [2.05, 4.69) is 31.0 Å². The van der Waals surface area contributed by atoms with Crippen molar-refractivity contribution >= 4 is 104 Å². The number of carbonyl (C=O) groups excluding carboxylic acids is 1. The Kier molecular flexibility index (Phi) is 15.5. The Hall–Kier alpha value is -3.55. The Morgan fingerprint density at radius 3 is 1.64 bits per heavy atom. The number of nitrogen functional groups attached to an aromatic ring is 1. The molecule has 3 N–H and O–H groups in total. The van der Waals surface area contributed by atoms with Gasteiger partial charge in [-0.3, -0.25) is 10.2 Å². The summed E-state index contributed by atoms with van der Waals surface area (Å²) in [5.74, 6) is -0.911. The molecule has 0 saturated heterocycles. The van der Waals surface area contributed by atoms with Gasteiger partial charge in [-0.05, 0) is 84.4 Å². The van der Waals surface area contributed by atoms with Crippen molar-refractivity contribution in [3.8, 4) is 0 Å². The number of nitrogens with two attached hydrogens (primary N) is 1. The van der Waals surface area contributed by atoms with E-state index in [4.69, 9.17) is 5.73 Å². The number of rotatable bonds is 9. The van der Waals surface area contributed by atoms with E-state index in [1.807, 2.05) is 0 Å². The second kappa shape index (κ2) is 19.0. The van der Waals surface area contributed by atoms with Crippen molar-refractivity contribution in [3.05, 3.63) is 125 Å². The first kappa shape index (κ1) is 48.1. The number of hydrazone groups is 1. The van der Waals surface area contributed by atoms with Crippen molar-refractivity contribution in [2.24, 2.45) is 25.6 Å². The van der Waals surface area contributed by atoms with E-state index in [1.165, 1.54) is 54.6 Å². The SMILES string of the molecule is Nc1ccc2c(c1)C(=O)/C(=N/Nc1ccc(N=Nc3ccc(N=Nc4ccccc4)c4cc(S(=O)(=O)[O-])ccc34)c3cc(S(=O)(=O)[O-])ccc13)C(S(=O)(=O)[O-])=C2.[Na+].[Na+].[Na+]. The number of hydrogen-bond acceptors (Lipinski definition) is 17. The van der Waals surface area contributed by atoms with Crippen LogP contribution in [0.1, 0.15) is 15.9 Å². The van der Waals surface area contributed by atoms with Gasteiger partial charge in [-0.15, -0.1) is 15.3 Å². The first-order valence-corrected chi connectivity index (χ1v) is 20.1. The van der Waals surface area contributed by atoms with Crippen molar-refractivity contribution in [1.29, 1.82) is 0 Å². The molecule has 7 rings (SSSR count). The molecule has 6 aromatic rings. The Morgan fingerprint density at radius 1 is 0.542 bits per heavy atom. The van der Waals surface area contributed by atoms with Crippen LogP contribution in [0.4, 0.5) is 34.1 Å². The fourth-order valence-corrected chi connectivity index (χ4v) is 7.39. The van der Waals surface area contributed by atoms with Gasteiger partial charge >= 0.3 is 88.7 Å². The summed E-state index contributed by atoms with van der Waals surface area (Å²) in [5, 5.41) is 21.7. The predicted molar refractivity (Wildman–Crippen MR) is 203 cm³/mol. The van der Waals surface area contributed by atoms with E-state index >= 15 is 0 Å². The topological polar surface area (TPSA) is 289 Å². The number of anilines is 2. The van der Waals surface area contributed by atoms with Crippen molar-refractivity contribution < 1.29 is 132 Å². The van der Waals surface area contributed by atoms with Crippen LogP contribution in [0.15, 0.2) is 149 Å². The monoisotopic (exact) mass is 877 g/mol. The summed E-state index contributed by atoms with van der Waals surface area (Å²) in [4.78, 5) is 11.3. The van der Waals surface area contributed by atoms with Crippen LogP contribution in [0, 0.1) is 0 Å². The molecule has 0 amide bonds. The van der Waals surface area contributed by atoms with Gasteiger partial charge in [0.2, 0.25) is 5.78 Å². The smallest absolute Gasteiger partial charge is 0.744 e. The Labute approximate surface area is 403 Å². The maximum atomic E-state index is 13.4. The minimum Gasteiger partial charge on any atom is -0.744 e. The van der Waals surface area contributed by atoms with Crippen LogP contribution in [-0.4, -0.2) is 50.4 Å². The van der Waals surface area contributed by atoms with Crippen LogP contribution >= 0.6 is 0 Å². The summed E-state index contributed by atoms with van der Waals surface area (Å²) >= 11 is 0. The third-order valence-corrected chi connectivity index (χ3v) is 10.9. The largest absolute Gasteiger partial charge is 1.00 e. The molecule has 0 saturated carbocycles. The zero-order chi connectivity index (χ0) is 40.0. The number of fused-ring (bicyclic) bond motifs is 3. The van der Waals surface area contributed by atoms with Crippen LogP contribution in [0.3, 0.4) is 0 Å². The molecule has 0 radical (unpaired) electrons. The van der Waals surface area contributed by atoms with Crippen molar-refractivity contribution in [2.45, 2.75) is 9.79 Å². The zero-order valence-corrected chi connectivity index (χ0v) is 39.5. The van der Waals surface area contributed by atoms with Gasteiger partial charge in [-0.25, -0.2) is 25.3 Å². The van der Waals surface area contributed by atoms with Crippen molar-refractivity contribution in [1.82, 2.24) is 0 Å². The average molecular weight is 878 g/mol. The van der Waals surface area contributed by atoms with E-state index in [0.29, 0.717) is 11.1 Å². The van der Waals surface area contributed by atoms with Gasteiger partial charge in [-0.1, -0.05) is 36.4 Å². The Balaban J connectivity index is 0.00000256. The molecule has 0 heterocycles. The maximum absolute atomic E-state index is 13.4. The summed E-state index contributed by atoms with van der Waals surface area (Å²) in [6.07, 6.45) is 0.995. The minimum absolute atomic E-state index is 0. The summed E-state index contributed by atoms with van der Waals surface area (Å²) in [6, 6.07) is 25.3. The van der Waals surface area contributed by atoms with E-state index in [9.17, 15) is 43.7 Å². The Bertz CT molecular complexity index is 3130. The fourth-order valence-electron chi connectivity index (χ4n) is 5.75.